The van der Waals surface area contributed by atoms with Gasteiger partial charge in [-0.15, -0.1) is 0 Å². The highest BCUT2D eigenvalue weighted by atomic mass is 16.3. The third kappa shape index (κ3) is 2.31. The van der Waals surface area contributed by atoms with Gasteiger partial charge in [0.15, 0.2) is 5.76 Å². The minimum Gasteiger partial charge on any atom is -0.451 e. The highest BCUT2D eigenvalue weighted by Gasteiger charge is 2.28. The summed E-state index contributed by atoms with van der Waals surface area (Å²) in [5.41, 5.74) is 7.71. The Labute approximate surface area is 118 Å². The van der Waals surface area contributed by atoms with Crippen molar-refractivity contribution in [1.29, 1.82) is 0 Å². The van der Waals surface area contributed by atoms with Gasteiger partial charge in [-0.25, -0.2) is 0 Å². The molecular formula is C16H20N2O2. The van der Waals surface area contributed by atoms with Gasteiger partial charge in [0.2, 0.25) is 0 Å². The van der Waals surface area contributed by atoms with Crippen LogP contribution in [-0.4, -0.2) is 29.9 Å². The van der Waals surface area contributed by atoms with Crippen LogP contribution in [0.25, 0.3) is 11.0 Å². The van der Waals surface area contributed by atoms with Crippen molar-refractivity contribution in [2.24, 2.45) is 5.73 Å². The maximum atomic E-state index is 12.6. The van der Waals surface area contributed by atoms with Gasteiger partial charge in [0.05, 0.1) is 0 Å². The summed E-state index contributed by atoms with van der Waals surface area (Å²) in [6.45, 7) is 3.32. The van der Waals surface area contributed by atoms with E-state index in [4.69, 9.17) is 10.2 Å². The van der Waals surface area contributed by atoms with Crippen molar-refractivity contribution in [2.75, 3.05) is 13.1 Å². The van der Waals surface area contributed by atoms with E-state index in [9.17, 15) is 4.79 Å². The van der Waals surface area contributed by atoms with Crippen LogP contribution in [0.2, 0.25) is 0 Å². The number of amides is 1. The first-order valence-electron chi connectivity index (χ1n) is 7.20. The average molecular weight is 272 g/mol. The average Bonchev–Trinajstić information content (AvgIpc) is 2.89. The maximum absolute atomic E-state index is 12.6. The topological polar surface area (TPSA) is 59.5 Å². The monoisotopic (exact) mass is 272 g/mol. The number of piperidine rings is 1. The minimum atomic E-state index is -0.0333. The molecule has 20 heavy (non-hydrogen) atoms. The molecule has 1 atom stereocenters. The molecule has 1 aliphatic heterocycles. The van der Waals surface area contributed by atoms with Gasteiger partial charge < -0.3 is 15.1 Å². The van der Waals surface area contributed by atoms with Crippen molar-refractivity contribution in [1.82, 2.24) is 4.90 Å². The Morgan fingerprint density at radius 1 is 1.40 bits per heavy atom. The van der Waals surface area contributed by atoms with Crippen LogP contribution in [0.15, 0.2) is 28.7 Å². The van der Waals surface area contributed by atoms with Gasteiger partial charge in [-0.3, -0.25) is 4.79 Å². The van der Waals surface area contributed by atoms with Crippen LogP contribution in [0.1, 0.15) is 35.4 Å². The van der Waals surface area contributed by atoms with Gasteiger partial charge in [0.25, 0.3) is 5.91 Å². The zero-order valence-corrected chi connectivity index (χ0v) is 11.8. The molecule has 1 unspecified atom stereocenters. The molecule has 3 rings (SSSR count). The molecule has 0 bridgehead atoms. The van der Waals surface area contributed by atoms with Gasteiger partial charge in [-0.2, -0.15) is 0 Å². The Balaban J connectivity index is 1.91. The molecule has 1 fully saturated rings. The number of hydrogen-bond acceptors (Lipinski definition) is 3. The molecule has 4 heteroatoms. The summed E-state index contributed by atoms with van der Waals surface area (Å²) in [6, 6.07) is 7.92. The first kappa shape index (κ1) is 13.2. The number of nitrogens with two attached hydrogens (primary N) is 1. The maximum Gasteiger partial charge on any atom is 0.289 e. The third-order valence-corrected chi connectivity index (χ3v) is 4.04. The SMILES string of the molecule is Cc1ccc2oc(C(=O)N3CCCCC3CN)cc2c1. The fraction of sp³-hybridized carbons (Fsp3) is 0.438. The number of furan rings is 1. The summed E-state index contributed by atoms with van der Waals surface area (Å²) in [4.78, 5) is 14.5. The predicted octanol–water partition coefficient (Wildman–Crippen LogP) is 2.69. The standard InChI is InChI=1S/C16H20N2O2/c1-11-5-6-14-12(8-11)9-15(20-14)16(19)18-7-3-2-4-13(18)10-17/h5-6,8-9,13H,2-4,7,10,17H2,1H3. The summed E-state index contributed by atoms with van der Waals surface area (Å²) >= 11 is 0. The van der Waals surface area contributed by atoms with Crippen LogP contribution in [0.5, 0.6) is 0 Å². The first-order valence-corrected chi connectivity index (χ1v) is 7.20. The van der Waals surface area contributed by atoms with Crippen LogP contribution in [0, 0.1) is 6.92 Å². The molecule has 106 valence electrons. The summed E-state index contributed by atoms with van der Waals surface area (Å²) in [7, 11) is 0. The summed E-state index contributed by atoms with van der Waals surface area (Å²) in [5.74, 6) is 0.389. The van der Waals surface area contributed by atoms with Crippen LogP contribution in [0.4, 0.5) is 0 Å². The van der Waals surface area contributed by atoms with Crippen molar-refractivity contribution in [2.45, 2.75) is 32.2 Å². The largest absolute Gasteiger partial charge is 0.451 e. The molecular weight excluding hydrogens is 252 g/mol. The van der Waals surface area contributed by atoms with Crippen molar-refractivity contribution in [3.63, 3.8) is 0 Å². The van der Waals surface area contributed by atoms with E-state index >= 15 is 0 Å². The summed E-state index contributed by atoms with van der Waals surface area (Å²) in [6.07, 6.45) is 3.17. The lowest BCUT2D eigenvalue weighted by Gasteiger charge is -2.34. The third-order valence-electron chi connectivity index (χ3n) is 4.04. The molecule has 1 aliphatic rings. The van der Waals surface area contributed by atoms with Crippen molar-refractivity contribution in [3.8, 4) is 0 Å². The molecule has 0 radical (unpaired) electrons. The Hall–Kier alpha value is -1.81. The highest BCUT2D eigenvalue weighted by Crippen LogP contribution is 2.24. The lowest BCUT2D eigenvalue weighted by atomic mass is 10.0. The Morgan fingerprint density at radius 2 is 2.25 bits per heavy atom. The molecule has 1 saturated heterocycles. The zero-order chi connectivity index (χ0) is 14.1. The van der Waals surface area contributed by atoms with E-state index in [1.165, 1.54) is 0 Å². The van der Waals surface area contributed by atoms with Crippen molar-refractivity contribution < 1.29 is 9.21 Å². The fourth-order valence-corrected chi connectivity index (χ4v) is 2.92. The van der Waals surface area contributed by atoms with Crippen LogP contribution < -0.4 is 5.73 Å². The van der Waals surface area contributed by atoms with Crippen LogP contribution in [0.3, 0.4) is 0 Å². The number of carbonyl (C=O) groups is 1. The van der Waals surface area contributed by atoms with Crippen LogP contribution >= 0.6 is 0 Å². The Morgan fingerprint density at radius 3 is 3.05 bits per heavy atom. The highest BCUT2D eigenvalue weighted by molar-refractivity contribution is 5.96. The van der Waals surface area contributed by atoms with Crippen molar-refractivity contribution >= 4 is 16.9 Å². The minimum absolute atomic E-state index is 0.0333. The number of nitrogens with zero attached hydrogens (tertiary/aromatic N) is 1. The molecule has 1 aromatic carbocycles. The Kier molecular flexibility index (Phi) is 3.49. The molecule has 4 nitrogen and oxygen atoms in total. The molecule has 2 aromatic rings. The van der Waals surface area contributed by atoms with Gasteiger partial charge in [-0.1, -0.05) is 11.6 Å². The molecule has 0 aliphatic carbocycles. The number of benzene rings is 1. The quantitative estimate of drug-likeness (QED) is 0.914. The van der Waals surface area contributed by atoms with Gasteiger partial charge in [0.1, 0.15) is 5.58 Å². The second kappa shape index (κ2) is 5.29. The van der Waals surface area contributed by atoms with E-state index < -0.39 is 0 Å². The zero-order valence-electron chi connectivity index (χ0n) is 11.8. The second-order valence-electron chi connectivity index (χ2n) is 5.54. The predicted molar refractivity (Wildman–Crippen MR) is 78.7 cm³/mol. The van der Waals surface area contributed by atoms with E-state index in [-0.39, 0.29) is 11.9 Å². The number of carbonyl (C=O) groups excluding carboxylic acids is 1. The molecule has 0 saturated carbocycles. The van der Waals surface area contributed by atoms with E-state index in [1.54, 1.807) is 0 Å². The lowest BCUT2D eigenvalue weighted by molar-refractivity contribution is 0.0593. The van der Waals surface area contributed by atoms with E-state index in [0.717, 1.165) is 42.3 Å². The molecule has 1 aromatic heterocycles. The number of aryl methyl sites for hydroxylation is 1. The van der Waals surface area contributed by atoms with Crippen LogP contribution in [-0.2, 0) is 0 Å². The summed E-state index contributed by atoms with van der Waals surface area (Å²) < 4.78 is 5.70. The number of fused-ring (bicyclic) bond motifs is 1. The number of likely N-dealkylation sites (tertiary alicyclic amines) is 1. The van der Waals surface area contributed by atoms with Crippen molar-refractivity contribution in [3.05, 3.63) is 35.6 Å². The second-order valence-corrected chi connectivity index (χ2v) is 5.54. The Bertz CT molecular complexity index is 632. The first-order chi connectivity index (χ1) is 9.69. The number of rotatable bonds is 2. The number of hydrogen-bond donors (Lipinski definition) is 1. The summed E-state index contributed by atoms with van der Waals surface area (Å²) in [5, 5.41) is 0.981. The van der Waals surface area contributed by atoms with Gasteiger partial charge in [-0.05, 0) is 44.4 Å². The van der Waals surface area contributed by atoms with E-state index in [1.807, 2.05) is 36.1 Å². The molecule has 2 heterocycles. The van der Waals surface area contributed by atoms with E-state index in [0.29, 0.717) is 12.3 Å². The fourth-order valence-electron chi connectivity index (χ4n) is 2.92. The molecule has 1 amide bonds. The van der Waals surface area contributed by atoms with Gasteiger partial charge in [0, 0.05) is 24.5 Å². The normalized spacial score (nSPS) is 19.5. The smallest absolute Gasteiger partial charge is 0.289 e. The van der Waals surface area contributed by atoms with Gasteiger partial charge >= 0.3 is 0 Å². The lowest BCUT2D eigenvalue weighted by Crippen LogP contribution is -2.47. The van der Waals surface area contributed by atoms with E-state index in [2.05, 4.69) is 0 Å². The molecule has 0 spiro atoms. The molecule has 2 N–H and O–H groups in total.